The third kappa shape index (κ3) is 4.97. The molecular weight excluding hydrogens is 374 g/mol. The number of hydrogen-bond acceptors (Lipinski definition) is 6. The lowest BCUT2D eigenvalue weighted by Gasteiger charge is -2.20. The van der Waals surface area contributed by atoms with Gasteiger partial charge in [-0.15, -0.1) is 0 Å². The quantitative estimate of drug-likeness (QED) is 0.537. The molecule has 2 heterocycles. The van der Waals surface area contributed by atoms with Crippen molar-refractivity contribution in [3.05, 3.63) is 59.2 Å². The topological polar surface area (TPSA) is 83.0 Å². The van der Waals surface area contributed by atoms with E-state index in [0.717, 1.165) is 16.9 Å². The maximum atomic E-state index is 9.65. The van der Waals surface area contributed by atoms with Crippen LogP contribution in [0.3, 0.4) is 0 Å². The van der Waals surface area contributed by atoms with Crippen LogP contribution in [0.2, 0.25) is 5.02 Å². The number of aromatic nitrogens is 3. The van der Waals surface area contributed by atoms with Crippen molar-refractivity contribution in [1.82, 2.24) is 15.0 Å². The standard InChI is InChI=1S/C21H24ClN5O/c1-13(2)19(12-28)26-21-25-18(17-6-4-5-9-23-17)11-20(27-21)24-15-7-8-16(22)14(3)10-15/h4-11,13,19,28H,12H2,1-3H3,(H2,24,25,26,27)/t19-/m1/s1. The average Bonchev–Trinajstić information content (AvgIpc) is 2.69. The van der Waals surface area contributed by atoms with Crippen molar-refractivity contribution in [2.45, 2.75) is 26.8 Å². The van der Waals surface area contributed by atoms with Gasteiger partial charge in [-0.2, -0.15) is 4.98 Å². The zero-order valence-electron chi connectivity index (χ0n) is 16.1. The maximum absolute atomic E-state index is 9.65. The van der Waals surface area contributed by atoms with Gasteiger partial charge < -0.3 is 15.7 Å². The van der Waals surface area contributed by atoms with E-state index in [2.05, 4.69) is 25.6 Å². The molecule has 0 fully saturated rings. The molecule has 0 bridgehead atoms. The van der Waals surface area contributed by atoms with Gasteiger partial charge in [0.2, 0.25) is 5.95 Å². The number of aliphatic hydroxyl groups is 1. The van der Waals surface area contributed by atoms with Crippen LogP contribution in [0.15, 0.2) is 48.7 Å². The first-order valence-electron chi connectivity index (χ1n) is 9.17. The maximum Gasteiger partial charge on any atom is 0.225 e. The number of anilines is 3. The first-order chi connectivity index (χ1) is 13.5. The number of pyridine rings is 1. The second-order valence-electron chi connectivity index (χ2n) is 6.94. The number of nitrogens with one attached hydrogen (secondary N) is 2. The van der Waals surface area contributed by atoms with E-state index in [1.165, 1.54) is 0 Å². The largest absolute Gasteiger partial charge is 0.394 e. The molecule has 2 aromatic heterocycles. The van der Waals surface area contributed by atoms with Gasteiger partial charge in [-0.1, -0.05) is 31.5 Å². The molecule has 1 atom stereocenters. The Morgan fingerprint density at radius 1 is 1.07 bits per heavy atom. The molecule has 7 heteroatoms. The number of hydrogen-bond donors (Lipinski definition) is 3. The number of aliphatic hydroxyl groups excluding tert-OH is 1. The van der Waals surface area contributed by atoms with E-state index < -0.39 is 0 Å². The second kappa shape index (κ2) is 8.99. The van der Waals surface area contributed by atoms with Crippen molar-refractivity contribution >= 4 is 29.1 Å². The predicted octanol–water partition coefficient (Wildman–Crippen LogP) is 4.67. The molecule has 0 aliphatic heterocycles. The minimum Gasteiger partial charge on any atom is -0.394 e. The Morgan fingerprint density at radius 2 is 1.89 bits per heavy atom. The molecule has 6 nitrogen and oxygen atoms in total. The number of halogens is 1. The van der Waals surface area contributed by atoms with Crippen LogP contribution in [0.25, 0.3) is 11.4 Å². The SMILES string of the molecule is Cc1cc(Nc2cc(-c3ccccn3)nc(N[C@H](CO)C(C)C)n2)ccc1Cl. The van der Waals surface area contributed by atoms with Gasteiger partial charge in [0.1, 0.15) is 5.82 Å². The first kappa shape index (κ1) is 20.0. The monoisotopic (exact) mass is 397 g/mol. The molecule has 0 spiro atoms. The summed E-state index contributed by atoms with van der Waals surface area (Å²) in [5.74, 6) is 1.28. The van der Waals surface area contributed by atoms with Crippen molar-refractivity contribution in [3.63, 3.8) is 0 Å². The van der Waals surface area contributed by atoms with Crippen molar-refractivity contribution < 1.29 is 5.11 Å². The van der Waals surface area contributed by atoms with Gasteiger partial charge >= 0.3 is 0 Å². The van der Waals surface area contributed by atoms with Gasteiger partial charge in [0.05, 0.1) is 24.0 Å². The fourth-order valence-corrected chi connectivity index (χ4v) is 2.80. The van der Waals surface area contributed by atoms with E-state index >= 15 is 0 Å². The molecule has 0 aliphatic carbocycles. The minimum atomic E-state index is -0.149. The molecule has 3 rings (SSSR count). The molecule has 0 saturated carbocycles. The summed E-state index contributed by atoms with van der Waals surface area (Å²) in [6, 6.07) is 13.1. The summed E-state index contributed by atoms with van der Waals surface area (Å²) in [4.78, 5) is 13.5. The molecule has 0 saturated heterocycles. The zero-order chi connectivity index (χ0) is 20.1. The number of aryl methyl sites for hydroxylation is 1. The fraction of sp³-hybridized carbons (Fsp3) is 0.286. The number of nitrogens with zero attached hydrogens (tertiary/aromatic N) is 3. The van der Waals surface area contributed by atoms with Gasteiger partial charge in [0.25, 0.3) is 0 Å². The van der Waals surface area contributed by atoms with Crippen molar-refractivity contribution in [2.24, 2.45) is 5.92 Å². The van der Waals surface area contributed by atoms with Gasteiger partial charge in [0, 0.05) is 23.0 Å². The summed E-state index contributed by atoms with van der Waals surface area (Å²) < 4.78 is 0. The van der Waals surface area contributed by atoms with Gasteiger partial charge in [-0.05, 0) is 48.7 Å². The van der Waals surface area contributed by atoms with Gasteiger partial charge in [0.15, 0.2) is 0 Å². The average molecular weight is 398 g/mol. The van der Waals surface area contributed by atoms with E-state index in [0.29, 0.717) is 22.5 Å². The zero-order valence-corrected chi connectivity index (χ0v) is 16.9. The van der Waals surface area contributed by atoms with Crippen LogP contribution in [0.4, 0.5) is 17.5 Å². The predicted molar refractivity (Wildman–Crippen MR) is 114 cm³/mol. The third-order valence-corrected chi connectivity index (χ3v) is 4.82. The summed E-state index contributed by atoms with van der Waals surface area (Å²) in [5, 5.41) is 16.9. The van der Waals surface area contributed by atoms with E-state index in [9.17, 15) is 5.11 Å². The first-order valence-corrected chi connectivity index (χ1v) is 9.55. The number of rotatable bonds is 7. The summed E-state index contributed by atoms with van der Waals surface area (Å²) in [6.45, 7) is 6.01. The van der Waals surface area contributed by atoms with Crippen molar-refractivity contribution in [2.75, 3.05) is 17.2 Å². The number of benzene rings is 1. The second-order valence-corrected chi connectivity index (χ2v) is 7.35. The summed E-state index contributed by atoms with van der Waals surface area (Å²) in [5.41, 5.74) is 3.28. The van der Waals surface area contributed by atoms with Crippen molar-refractivity contribution in [3.8, 4) is 11.4 Å². The lowest BCUT2D eigenvalue weighted by atomic mass is 10.1. The Balaban J connectivity index is 1.97. The van der Waals surface area contributed by atoms with Crippen LogP contribution in [-0.2, 0) is 0 Å². The Hall–Kier alpha value is -2.70. The molecule has 146 valence electrons. The Morgan fingerprint density at radius 3 is 2.54 bits per heavy atom. The smallest absolute Gasteiger partial charge is 0.225 e. The summed E-state index contributed by atoms with van der Waals surface area (Å²) in [6.07, 6.45) is 1.73. The van der Waals surface area contributed by atoms with E-state index in [4.69, 9.17) is 11.6 Å². The highest BCUT2D eigenvalue weighted by Gasteiger charge is 2.15. The van der Waals surface area contributed by atoms with Crippen LogP contribution in [0.5, 0.6) is 0 Å². The van der Waals surface area contributed by atoms with Crippen LogP contribution in [0.1, 0.15) is 19.4 Å². The normalized spacial score (nSPS) is 12.1. The highest BCUT2D eigenvalue weighted by Crippen LogP contribution is 2.25. The van der Waals surface area contributed by atoms with Crippen LogP contribution < -0.4 is 10.6 Å². The molecule has 0 unspecified atom stereocenters. The van der Waals surface area contributed by atoms with Gasteiger partial charge in [-0.25, -0.2) is 4.98 Å². The molecule has 0 radical (unpaired) electrons. The summed E-state index contributed by atoms with van der Waals surface area (Å²) >= 11 is 6.12. The van der Waals surface area contributed by atoms with Crippen LogP contribution in [0, 0.1) is 12.8 Å². The third-order valence-electron chi connectivity index (χ3n) is 4.40. The van der Waals surface area contributed by atoms with Crippen molar-refractivity contribution in [1.29, 1.82) is 0 Å². The van der Waals surface area contributed by atoms with E-state index in [-0.39, 0.29) is 18.6 Å². The van der Waals surface area contributed by atoms with Crippen LogP contribution in [-0.4, -0.2) is 32.7 Å². The molecular formula is C21H24ClN5O. The molecule has 3 N–H and O–H groups in total. The summed E-state index contributed by atoms with van der Waals surface area (Å²) in [7, 11) is 0. The molecule has 0 aliphatic rings. The lowest BCUT2D eigenvalue weighted by molar-refractivity contribution is 0.248. The highest BCUT2D eigenvalue weighted by atomic mass is 35.5. The molecule has 1 aromatic carbocycles. The molecule has 0 amide bonds. The Kier molecular flexibility index (Phi) is 6.44. The van der Waals surface area contributed by atoms with E-state index in [1.54, 1.807) is 6.20 Å². The Bertz CT molecular complexity index is 933. The van der Waals surface area contributed by atoms with Gasteiger partial charge in [-0.3, -0.25) is 4.98 Å². The molecule has 3 aromatic rings. The highest BCUT2D eigenvalue weighted by molar-refractivity contribution is 6.31. The molecule has 28 heavy (non-hydrogen) atoms. The fourth-order valence-electron chi connectivity index (χ4n) is 2.68. The minimum absolute atomic E-state index is 0.00597. The van der Waals surface area contributed by atoms with E-state index in [1.807, 2.05) is 63.2 Å². The Labute approximate surface area is 170 Å². The lowest BCUT2D eigenvalue weighted by Crippen LogP contribution is -2.30. The van der Waals surface area contributed by atoms with Crippen LogP contribution >= 0.6 is 11.6 Å².